The maximum atomic E-state index is 11.1. The van der Waals surface area contributed by atoms with E-state index in [0.29, 0.717) is 6.54 Å². The average molecular weight is 269 g/mol. The predicted octanol–water partition coefficient (Wildman–Crippen LogP) is 3.39. The zero-order valence-electron chi connectivity index (χ0n) is 11.8. The molecule has 0 bridgehead atoms. The molecule has 2 rings (SSSR count). The van der Waals surface area contributed by atoms with Gasteiger partial charge in [0, 0.05) is 12.2 Å². The van der Waals surface area contributed by atoms with Gasteiger partial charge in [-0.15, -0.1) is 0 Å². The largest absolute Gasteiger partial charge is 0.480 e. The zero-order chi connectivity index (χ0) is 14.5. The molecule has 0 aromatic heterocycles. The topological polar surface area (TPSA) is 40.5 Å². The van der Waals surface area contributed by atoms with Crippen molar-refractivity contribution in [3.63, 3.8) is 0 Å². The van der Waals surface area contributed by atoms with Gasteiger partial charge in [-0.2, -0.15) is 0 Å². The Morgan fingerprint density at radius 2 is 1.65 bits per heavy atom. The summed E-state index contributed by atoms with van der Waals surface area (Å²) in [6, 6.07) is 16.1. The van der Waals surface area contributed by atoms with Gasteiger partial charge in [0.15, 0.2) is 0 Å². The molecule has 0 atom stereocenters. The summed E-state index contributed by atoms with van der Waals surface area (Å²) in [5.74, 6) is -0.819. The van der Waals surface area contributed by atoms with Gasteiger partial charge < -0.3 is 10.0 Å². The maximum absolute atomic E-state index is 11.1. The highest BCUT2D eigenvalue weighted by Gasteiger charge is 2.12. The maximum Gasteiger partial charge on any atom is 0.323 e. The van der Waals surface area contributed by atoms with Crippen LogP contribution in [0.2, 0.25) is 0 Å². The molecular formula is C17H19NO2. The highest BCUT2D eigenvalue weighted by Crippen LogP contribution is 2.20. The van der Waals surface area contributed by atoms with E-state index in [4.69, 9.17) is 5.11 Å². The number of aryl methyl sites for hydroxylation is 2. The molecule has 0 radical (unpaired) electrons. The minimum atomic E-state index is -0.819. The minimum Gasteiger partial charge on any atom is -0.480 e. The van der Waals surface area contributed by atoms with Crippen LogP contribution in [-0.2, 0) is 11.3 Å². The van der Waals surface area contributed by atoms with Crippen molar-refractivity contribution in [2.24, 2.45) is 0 Å². The van der Waals surface area contributed by atoms with E-state index in [-0.39, 0.29) is 6.54 Å². The first-order chi connectivity index (χ1) is 9.54. The lowest BCUT2D eigenvalue weighted by molar-refractivity contribution is -0.135. The number of aliphatic carboxylic acids is 1. The summed E-state index contributed by atoms with van der Waals surface area (Å²) in [5, 5.41) is 9.12. The Balaban J connectivity index is 2.29. The Labute approximate surface area is 119 Å². The van der Waals surface area contributed by atoms with Crippen molar-refractivity contribution in [2.45, 2.75) is 20.4 Å². The van der Waals surface area contributed by atoms with Crippen LogP contribution in [-0.4, -0.2) is 17.6 Å². The summed E-state index contributed by atoms with van der Waals surface area (Å²) >= 11 is 0. The molecule has 2 aromatic rings. The molecule has 0 aliphatic carbocycles. The number of carboxylic acids is 1. The molecule has 0 unspecified atom stereocenters. The monoisotopic (exact) mass is 269 g/mol. The molecule has 0 heterocycles. The molecule has 0 amide bonds. The fourth-order valence-corrected chi connectivity index (χ4v) is 2.34. The van der Waals surface area contributed by atoms with Gasteiger partial charge in [-0.1, -0.05) is 36.4 Å². The summed E-state index contributed by atoms with van der Waals surface area (Å²) in [7, 11) is 0. The van der Waals surface area contributed by atoms with Gasteiger partial charge in [0.1, 0.15) is 6.54 Å². The number of rotatable bonds is 5. The van der Waals surface area contributed by atoms with Crippen LogP contribution in [0.5, 0.6) is 0 Å². The Bertz CT molecular complexity index is 573. The number of carboxylic acid groups (broad SMARTS) is 1. The third kappa shape index (κ3) is 3.85. The van der Waals surface area contributed by atoms with Crippen LogP contribution >= 0.6 is 0 Å². The van der Waals surface area contributed by atoms with Gasteiger partial charge >= 0.3 is 5.97 Å². The van der Waals surface area contributed by atoms with E-state index >= 15 is 0 Å². The van der Waals surface area contributed by atoms with Gasteiger partial charge in [-0.3, -0.25) is 4.79 Å². The lowest BCUT2D eigenvalue weighted by Crippen LogP contribution is -2.29. The quantitative estimate of drug-likeness (QED) is 0.904. The van der Waals surface area contributed by atoms with Crippen LogP contribution in [0.25, 0.3) is 0 Å². The van der Waals surface area contributed by atoms with Crippen molar-refractivity contribution in [3.8, 4) is 0 Å². The van der Waals surface area contributed by atoms with Gasteiger partial charge in [-0.05, 0) is 42.7 Å². The standard InChI is InChI=1S/C17H19NO2/c1-13-8-14(2)10-16(9-13)18(12-17(19)20)11-15-6-4-3-5-7-15/h3-10H,11-12H2,1-2H3,(H,19,20). The fourth-order valence-electron chi connectivity index (χ4n) is 2.34. The lowest BCUT2D eigenvalue weighted by atomic mass is 10.1. The molecule has 104 valence electrons. The number of nitrogens with zero attached hydrogens (tertiary/aromatic N) is 1. The highest BCUT2D eigenvalue weighted by atomic mass is 16.4. The van der Waals surface area contributed by atoms with Crippen LogP contribution in [0.3, 0.4) is 0 Å². The molecule has 0 aliphatic heterocycles. The summed E-state index contributed by atoms with van der Waals surface area (Å²) in [4.78, 5) is 13.0. The molecule has 0 spiro atoms. The minimum absolute atomic E-state index is 0.00219. The predicted molar refractivity (Wildman–Crippen MR) is 81.0 cm³/mol. The Kier molecular flexibility index (Phi) is 4.41. The number of carbonyl (C=O) groups is 1. The molecule has 0 fully saturated rings. The van der Waals surface area contributed by atoms with E-state index in [0.717, 1.165) is 22.4 Å². The first-order valence-electron chi connectivity index (χ1n) is 6.63. The second kappa shape index (κ2) is 6.24. The van der Waals surface area contributed by atoms with Crippen molar-refractivity contribution in [1.82, 2.24) is 0 Å². The van der Waals surface area contributed by atoms with Crippen molar-refractivity contribution in [2.75, 3.05) is 11.4 Å². The molecule has 1 N–H and O–H groups in total. The van der Waals surface area contributed by atoms with Crippen LogP contribution in [0.15, 0.2) is 48.5 Å². The molecule has 20 heavy (non-hydrogen) atoms. The molecule has 3 heteroatoms. The SMILES string of the molecule is Cc1cc(C)cc(N(CC(=O)O)Cc2ccccc2)c1. The van der Waals surface area contributed by atoms with E-state index in [2.05, 4.69) is 6.07 Å². The van der Waals surface area contributed by atoms with E-state index in [1.807, 2.05) is 61.2 Å². The van der Waals surface area contributed by atoms with E-state index in [9.17, 15) is 4.79 Å². The van der Waals surface area contributed by atoms with Crippen LogP contribution < -0.4 is 4.90 Å². The molecule has 0 aliphatic rings. The summed E-state index contributed by atoms with van der Waals surface area (Å²) in [5.41, 5.74) is 4.34. The summed E-state index contributed by atoms with van der Waals surface area (Å²) in [6.07, 6.45) is 0. The zero-order valence-corrected chi connectivity index (χ0v) is 11.8. The van der Waals surface area contributed by atoms with Gasteiger partial charge in [0.05, 0.1) is 0 Å². The molecule has 0 saturated heterocycles. The number of hydrogen-bond donors (Lipinski definition) is 1. The van der Waals surface area contributed by atoms with Crippen molar-refractivity contribution < 1.29 is 9.90 Å². The number of hydrogen-bond acceptors (Lipinski definition) is 2. The van der Waals surface area contributed by atoms with E-state index in [1.54, 1.807) is 0 Å². The van der Waals surface area contributed by atoms with Crippen molar-refractivity contribution in [3.05, 3.63) is 65.2 Å². The first-order valence-corrected chi connectivity index (χ1v) is 6.63. The van der Waals surface area contributed by atoms with Crippen LogP contribution in [0.4, 0.5) is 5.69 Å². The summed E-state index contributed by atoms with van der Waals surface area (Å²) in [6.45, 7) is 4.64. The van der Waals surface area contributed by atoms with Crippen LogP contribution in [0, 0.1) is 13.8 Å². The van der Waals surface area contributed by atoms with Crippen molar-refractivity contribution >= 4 is 11.7 Å². The summed E-state index contributed by atoms with van der Waals surface area (Å²) < 4.78 is 0. The van der Waals surface area contributed by atoms with Gasteiger partial charge in [0.2, 0.25) is 0 Å². The van der Waals surface area contributed by atoms with E-state index in [1.165, 1.54) is 0 Å². The lowest BCUT2D eigenvalue weighted by Gasteiger charge is -2.24. The van der Waals surface area contributed by atoms with Crippen molar-refractivity contribution in [1.29, 1.82) is 0 Å². The molecule has 2 aromatic carbocycles. The van der Waals surface area contributed by atoms with Crippen LogP contribution in [0.1, 0.15) is 16.7 Å². The highest BCUT2D eigenvalue weighted by molar-refractivity contribution is 5.74. The van der Waals surface area contributed by atoms with E-state index < -0.39 is 5.97 Å². The third-order valence-electron chi connectivity index (χ3n) is 3.11. The molecule has 3 nitrogen and oxygen atoms in total. The number of anilines is 1. The fraction of sp³-hybridized carbons (Fsp3) is 0.235. The Hall–Kier alpha value is -2.29. The second-order valence-corrected chi connectivity index (χ2v) is 5.08. The molecule has 0 saturated carbocycles. The Morgan fingerprint density at radius 1 is 1.05 bits per heavy atom. The smallest absolute Gasteiger partial charge is 0.323 e. The normalized spacial score (nSPS) is 10.3. The third-order valence-corrected chi connectivity index (χ3v) is 3.11. The first kappa shape index (κ1) is 14.1. The molecular weight excluding hydrogens is 250 g/mol. The second-order valence-electron chi connectivity index (χ2n) is 5.08. The van der Waals surface area contributed by atoms with Gasteiger partial charge in [0.25, 0.3) is 0 Å². The number of benzene rings is 2. The average Bonchev–Trinajstić information content (AvgIpc) is 2.37. The van der Waals surface area contributed by atoms with Gasteiger partial charge in [-0.25, -0.2) is 0 Å². The Morgan fingerprint density at radius 3 is 2.20 bits per heavy atom.